The van der Waals surface area contributed by atoms with E-state index in [2.05, 4.69) is 42.3 Å². The van der Waals surface area contributed by atoms with Gasteiger partial charge in [-0.05, 0) is 43.7 Å². The number of nitrogens with one attached hydrogen (secondary N) is 1. The van der Waals surface area contributed by atoms with Crippen LogP contribution >= 0.6 is 0 Å². The molecule has 7 nitrogen and oxygen atoms in total. The highest BCUT2D eigenvalue weighted by atomic mass is 16.5. The molecule has 2 heterocycles. The van der Waals surface area contributed by atoms with Crippen molar-refractivity contribution >= 4 is 11.6 Å². The summed E-state index contributed by atoms with van der Waals surface area (Å²) in [7, 11) is 1.67. The van der Waals surface area contributed by atoms with Crippen molar-refractivity contribution in [3.63, 3.8) is 0 Å². The molecule has 2 aliphatic heterocycles. The van der Waals surface area contributed by atoms with Gasteiger partial charge in [0.25, 0.3) is 5.91 Å². The highest BCUT2D eigenvalue weighted by molar-refractivity contribution is 6.03. The van der Waals surface area contributed by atoms with E-state index in [4.69, 9.17) is 14.2 Å². The van der Waals surface area contributed by atoms with Crippen LogP contribution in [-0.2, 0) is 15.0 Å². The van der Waals surface area contributed by atoms with Crippen LogP contribution < -0.4 is 15.0 Å². The lowest BCUT2D eigenvalue weighted by Gasteiger charge is -2.46. The van der Waals surface area contributed by atoms with E-state index in [-0.39, 0.29) is 5.91 Å². The minimum atomic E-state index is -0.798. The number of amides is 1. The average molecular weight is 516 g/mol. The molecular formula is C31H37N3O4. The summed E-state index contributed by atoms with van der Waals surface area (Å²) in [6.45, 7) is 9.65. The van der Waals surface area contributed by atoms with Crippen LogP contribution in [0.25, 0.3) is 0 Å². The fourth-order valence-corrected chi connectivity index (χ4v) is 5.87. The number of para-hydroxylation sites is 1. The first-order valence-electron chi connectivity index (χ1n) is 13.5. The van der Waals surface area contributed by atoms with Gasteiger partial charge in [-0.3, -0.25) is 4.79 Å². The maximum absolute atomic E-state index is 14.2. The van der Waals surface area contributed by atoms with Gasteiger partial charge in [-0.15, -0.1) is 0 Å². The number of carbonyl (C=O) groups excluding carboxylic acids is 1. The van der Waals surface area contributed by atoms with E-state index in [9.17, 15) is 4.79 Å². The lowest BCUT2D eigenvalue weighted by atomic mass is 9.74. The number of benzene rings is 3. The average Bonchev–Trinajstić information content (AvgIpc) is 3.19. The second-order valence-corrected chi connectivity index (χ2v) is 9.49. The molecule has 200 valence electrons. The molecule has 3 aromatic carbocycles. The van der Waals surface area contributed by atoms with Gasteiger partial charge in [-0.25, -0.2) is 0 Å². The molecule has 0 fully saturated rings. The third-order valence-corrected chi connectivity index (χ3v) is 7.53. The summed E-state index contributed by atoms with van der Waals surface area (Å²) in [5.41, 5.74) is 4.07. The van der Waals surface area contributed by atoms with Crippen LogP contribution in [0.5, 0.6) is 11.5 Å². The first-order chi connectivity index (χ1) is 18.7. The van der Waals surface area contributed by atoms with E-state index in [1.807, 2.05) is 53.4 Å². The molecule has 0 aliphatic carbocycles. The largest absolute Gasteiger partial charge is 0.456 e. The molecule has 3 aromatic rings. The molecule has 2 aliphatic rings. The SMILES string of the molecule is CCN(CC)c1cccc2c1C1(c3ccccc3O2)c2ccccc2C(=O)N1CCNCCOCCOC. The van der Waals surface area contributed by atoms with Crippen molar-refractivity contribution < 1.29 is 19.0 Å². The molecule has 0 radical (unpaired) electrons. The fraction of sp³-hybridized carbons (Fsp3) is 0.387. The van der Waals surface area contributed by atoms with Crippen LogP contribution in [0.2, 0.25) is 0 Å². The van der Waals surface area contributed by atoms with E-state index >= 15 is 0 Å². The highest BCUT2D eigenvalue weighted by Gasteiger charge is 2.57. The molecule has 38 heavy (non-hydrogen) atoms. The summed E-state index contributed by atoms with van der Waals surface area (Å²) in [5.74, 6) is 1.61. The molecule has 1 N–H and O–H groups in total. The Labute approximate surface area is 225 Å². The van der Waals surface area contributed by atoms with Crippen molar-refractivity contribution in [3.8, 4) is 11.5 Å². The Kier molecular flexibility index (Phi) is 7.98. The van der Waals surface area contributed by atoms with Crippen molar-refractivity contribution in [2.24, 2.45) is 0 Å². The maximum Gasteiger partial charge on any atom is 0.255 e. The number of fused-ring (bicyclic) bond motifs is 6. The zero-order chi connectivity index (χ0) is 26.5. The number of carbonyl (C=O) groups is 1. The van der Waals surface area contributed by atoms with Gasteiger partial charge in [0.05, 0.1) is 25.4 Å². The molecule has 7 heteroatoms. The predicted octanol–water partition coefficient (Wildman–Crippen LogP) is 4.64. The van der Waals surface area contributed by atoms with Gasteiger partial charge in [0.15, 0.2) is 0 Å². The predicted molar refractivity (Wildman–Crippen MR) is 149 cm³/mol. The summed E-state index contributed by atoms with van der Waals surface area (Å²) < 4.78 is 17.2. The van der Waals surface area contributed by atoms with Gasteiger partial charge >= 0.3 is 0 Å². The van der Waals surface area contributed by atoms with Crippen LogP contribution in [0, 0.1) is 0 Å². The number of nitrogens with zero attached hydrogens (tertiary/aromatic N) is 2. The standard InChI is InChI=1S/C31H37N3O4/c1-4-33(5-2)26-14-10-16-28-29(26)31(25-13-8-9-15-27(25)38-28)24-12-7-6-11-23(24)30(35)34(31)19-17-32-18-20-37-22-21-36-3/h6-16,32H,4-5,17-22H2,1-3H3. The summed E-state index contributed by atoms with van der Waals surface area (Å²) >= 11 is 0. The van der Waals surface area contributed by atoms with E-state index in [1.54, 1.807) is 7.11 Å². The number of hydrogen-bond acceptors (Lipinski definition) is 6. The molecule has 0 bridgehead atoms. The lowest BCUT2D eigenvalue weighted by Crippen LogP contribution is -2.50. The summed E-state index contributed by atoms with van der Waals surface area (Å²) in [6.07, 6.45) is 0. The van der Waals surface area contributed by atoms with Crippen molar-refractivity contribution in [1.29, 1.82) is 0 Å². The fourth-order valence-electron chi connectivity index (χ4n) is 5.87. The summed E-state index contributed by atoms with van der Waals surface area (Å²) in [6, 6.07) is 22.4. The number of anilines is 1. The van der Waals surface area contributed by atoms with Gasteiger partial charge in [-0.1, -0.05) is 42.5 Å². The third kappa shape index (κ3) is 4.34. The molecule has 5 rings (SSSR count). The minimum absolute atomic E-state index is 0.0377. The quantitative estimate of drug-likeness (QED) is 0.355. The first kappa shape index (κ1) is 26.2. The molecule has 1 unspecified atom stereocenters. The summed E-state index contributed by atoms with van der Waals surface area (Å²) in [4.78, 5) is 18.5. The van der Waals surface area contributed by atoms with Crippen molar-refractivity contribution in [2.75, 3.05) is 64.6 Å². The number of rotatable bonds is 12. The minimum Gasteiger partial charge on any atom is -0.456 e. The number of ether oxygens (including phenoxy) is 3. The Morgan fingerprint density at radius 2 is 1.61 bits per heavy atom. The molecule has 0 aromatic heterocycles. The molecule has 0 saturated carbocycles. The molecule has 0 saturated heterocycles. The Hall–Kier alpha value is -3.39. The Morgan fingerprint density at radius 1 is 0.868 bits per heavy atom. The van der Waals surface area contributed by atoms with E-state index in [0.717, 1.165) is 52.5 Å². The van der Waals surface area contributed by atoms with Crippen molar-refractivity contribution in [1.82, 2.24) is 10.2 Å². The molecule has 1 amide bonds. The van der Waals surface area contributed by atoms with Gasteiger partial charge in [-0.2, -0.15) is 0 Å². The van der Waals surface area contributed by atoms with Crippen molar-refractivity contribution in [2.45, 2.75) is 19.4 Å². The monoisotopic (exact) mass is 515 g/mol. The highest BCUT2D eigenvalue weighted by Crippen LogP contribution is 2.59. The van der Waals surface area contributed by atoms with E-state index in [0.29, 0.717) is 39.5 Å². The van der Waals surface area contributed by atoms with Crippen LogP contribution in [0.1, 0.15) is 40.9 Å². The second kappa shape index (κ2) is 11.6. The van der Waals surface area contributed by atoms with Crippen LogP contribution in [0.4, 0.5) is 5.69 Å². The maximum atomic E-state index is 14.2. The molecular weight excluding hydrogens is 478 g/mol. The zero-order valence-electron chi connectivity index (χ0n) is 22.5. The Bertz CT molecular complexity index is 1280. The number of hydrogen-bond donors (Lipinski definition) is 1. The normalized spacial score (nSPS) is 17.2. The van der Waals surface area contributed by atoms with Gasteiger partial charge in [0, 0.05) is 56.6 Å². The number of methoxy groups -OCH3 is 1. The van der Waals surface area contributed by atoms with Gasteiger partial charge in [0.1, 0.15) is 17.0 Å². The molecule has 1 spiro atoms. The van der Waals surface area contributed by atoms with Gasteiger partial charge in [0.2, 0.25) is 0 Å². The van der Waals surface area contributed by atoms with Crippen molar-refractivity contribution in [3.05, 3.63) is 89.0 Å². The lowest BCUT2D eigenvalue weighted by molar-refractivity contribution is 0.0649. The van der Waals surface area contributed by atoms with Crippen LogP contribution in [-0.4, -0.2) is 70.5 Å². The first-order valence-corrected chi connectivity index (χ1v) is 13.5. The third-order valence-electron chi connectivity index (χ3n) is 7.53. The van der Waals surface area contributed by atoms with E-state index < -0.39 is 5.54 Å². The van der Waals surface area contributed by atoms with Crippen LogP contribution in [0.3, 0.4) is 0 Å². The topological polar surface area (TPSA) is 63.3 Å². The molecule has 1 atom stereocenters. The van der Waals surface area contributed by atoms with E-state index in [1.165, 1.54) is 0 Å². The Morgan fingerprint density at radius 3 is 2.39 bits per heavy atom. The smallest absolute Gasteiger partial charge is 0.255 e. The van der Waals surface area contributed by atoms with Gasteiger partial charge < -0.3 is 29.3 Å². The summed E-state index contributed by atoms with van der Waals surface area (Å²) in [5, 5.41) is 3.46. The Balaban J connectivity index is 1.61. The second-order valence-electron chi connectivity index (χ2n) is 9.49. The van der Waals surface area contributed by atoms with Crippen LogP contribution in [0.15, 0.2) is 66.7 Å². The zero-order valence-corrected chi connectivity index (χ0v) is 22.5.